The van der Waals surface area contributed by atoms with Crippen LogP contribution in [-0.4, -0.2) is 6.54 Å². The molecule has 0 heterocycles. The third-order valence-corrected chi connectivity index (χ3v) is 3.38. The first-order chi connectivity index (χ1) is 9.60. The molecule has 0 aliphatic heterocycles. The zero-order chi connectivity index (χ0) is 14.5. The summed E-state index contributed by atoms with van der Waals surface area (Å²) in [7, 11) is 0. The maximum atomic E-state index is 13.7. The molecule has 0 bridgehead atoms. The molecule has 20 heavy (non-hydrogen) atoms. The van der Waals surface area contributed by atoms with Crippen LogP contribution < -0.4 is 5.32 Å². The standard InChI is InChI=1S/C17H19F2N/c1-3-20-17(10-13-5-4-6-15(18)9-13)14-8-7-12(2)16(19)11-14/h4-9,11,17,20H,3,10H2,1-2H3. The Hall–Kier alpha value is -1.74. The second-order valence-corrected chi connectivity index (χ2v) is 4.95. The molecule has 0 aliphatic rings. The van der Waals surface area contributed by atoms with Crippen molar-refractivity contribution in [2.24, 2.45) is 0 Å². The normalized spacial score (nSPS) is 12.4. The molecule has 1 nitrogen and oxygen atoms in total. The summed E-state index contributed by atoms with van der Waals surface area (Å²) in [6.45, 7) is 4.52. The predicted molar refractivity (Wildman–Crippen MR) is 77.7 cm³/mol. The highest BCUT2D eigenvalue weighted by Crippen LogP contribution is 2.21. The van der Waals surface area contributed by atoms with Crippen LogP contribution in [0.5, 0.6) is 0 Å². The fraction of sp³-hybridized carbons (Fsp3) is 0.294. The van der Waals surface area contributed by atoms with Crippen LogP contribution >= 0.6 is 0 Å². The minimum atomic E-state index is -0.243. The summed E-state index contributed by atoms with van der Waals surface area (Å²) in [6, 6.07) is 11.8. The first-order valence-corrected chi connectivity index (χ1v) is 6.84. The monoisotopic (exact) mass is 275 g/mol. The Labute approximate surface area is 118 Å². The van der Waals surface area contributed by atoms with Crippen LogP contribution in [0.25, 0.3) is 0 Å². The summed E-state index contributed by atoms with van der Waals surface area (Å²) < 4.78 is 26.9. The highest BCUT2D eigenvalue weighted by molar-refractivity contribution is 5.28. The quantitative estimate of drug-likeness (QED) is 0.863. The molecule has 2 aromatic carbocycles. The molecule has 0 aromatic heterocycles. The van der Waals surface area contributed by atoms with Gasteiger partial charge >= 0.3 is 0 Å². The summed E-state index contributed by atoms with van der Waals surface area (Å²) >= 11 is 0. The van der Waals surface area contributed by atoms with Gasteiger partial charge in [0.25, 0.3) is 0 Å². The lowest BCUT2D eigenvalue weighted by molar-refractivity contribution is 0.539. The molecule has 2 aromatic rings. The molecule has 0 saturated carbocycles. The van der Waals surface area contributed by atoms with Gasteiger partial charge in [0.1, 0.15) is 11.6 Å². The number of halogens is 2. The molecule has 1 atom stereocenters. The third kappa shape index (κ3) is 3.64. The van der Waals surface area contributed by atoms with Gasteiger partial charge in [0, 0.05) is 6.04 Å². The van der Waals surface area contributed by atoms with E-state index in [1.165, 1.54) is 12.1 Å². The van der Waals surface area contributed by atoms with Gasteiger partial charge in [0.15, 0.2) is 0 Å². The Morgan fingerprint density at radius 1 is 1.10 bits per heavy atom. The number of hydrogen-bond donors (Lipinski definition) is 1. The van der Waals surface area contributed by atoms with E-state index >= 15 is 0 Å². The summed E-state index contributed by atoms with van der Waals surface area (Å²) in [5.74, 6) is -0.447. The Kier molecular flexibility index (Phi) is 4.85. The van der Waals surface area contributed by atoms with Gasteiger partial charge < -0.3 is 5.32 Å². The Bertz CT molecular complexity index is 581. The molecule has 106 valence electrons. The lowest BCUT2D eigenvalue weighted by Gasteiger charge is -2.19. The van der Waals surface area contributed by atoms with Gasteiger partial charge in [0.2, 0.25) is 0 Å². The van der Waals surface area contributed by atoms with Crippen molar-refractivity contribution in [2.45, 2.75) is 26.3 Å². The molecule has 0 aliphatic carbocycles. The van der Waals surface area contributed by atoms with Gasteiger partial charge in [-0.1, -0.05) is 31.2 Å². The van der Waals surface area contributed by atoms with E-state index < -0.39 is 0 Å². The first kappa shape index (κ1) is 14.7. The molecular weight excluding hydrogens is 256 g/mol. The van der Waals surface area contributed by atoms with Crippen LogP contribution in [0, 0.1) is 18.6 Å². The maximum absolute atomic E-state index is 13.7. The van der Waals surface area contributed by atoms with E-state index in [2.05, 4.69) is 5.32 Å². The Morgan fingerprint density at radius 3 is 2.55 bits per heavy atom. The van der Waals surface area contributed by atoms with Crippen LogP contribution in [0.15, 0.2) is 42.5 Å². The fourth-order valence-corrected chi connectivity index (χ4v) is 2.28. The second-order valence-electron chi connectivity index (χ2n) is 4.95. The number of rotatable bonds is 5. The predicted octanol–water partition coefficient (Wildman–Crippen LogP) is 4.17. The zero-order valence-corrected chi connectivity index (χ0v) is 11.8. The second kappa shape index (κ2) is 6.62. The van der Waals surface area contributed by atoms with Crippen molar-refractivity contribution in [3.63, 3.8) is 0 Å². The number of hydrogen-bond acceptors (Lipinski definition) is 1. The van der Waals surface area contributed by atoms with Gasteiger partial charge in [0.05, 0.1) is 0 Å². The molecular formula is C17H19F2N. The fourth-order valence-electron chi connectivity index (χ4n) is 2.28. The van der Waals surface area contributed by atoms with Crippen LogP contribution in [-0.2, 0) is 6.42 Å². The molecule has 1 unspecified atom stereocenters. The van der Waals surface area contributed by atoms with E-state index in [0.29, 0.717) is 12.0 Å². The summed E-state index contributed by atoms with van der Waals surface area (Å²) in [6.07, 6.45) is 0.633. The minimum Gasteiger partial charge on any atom is -0.310 e. The van der Waals surface area contributed by atoms with E-state index in [1.54, 1.807) is 25.1 Å². The van der Waals surface area contributed by atoms with Crippen molar-refractivity contribution in [2.75, 3.05) is 6.54 Å². The van der Waals surface area contributed by atoms with Crippen LogP contribution in [0.2, 0.25) is 0 Å². The molecule has 0 saturated heterocycles. The summed E-state index contributed by atoms with van der Waals surface area (Å²) in [4.78, 5) is 0. The van der Waals surface area contributed by atoms with Gasteiger partial charge in [-0.05, 0) is 54.8 Å². The average molecular weight is 275 g/mol. The van der Waals surface area contributed by atoms with Crippen molar-refractivity contribution in [3.8, 4) is 0 Å². The largest absolute Gasteiger partial charge is 0.310 e. The lowest BCUT2D eigenvalue weighted by atomic mass is 9.97. The highest BCUT2D eigenvalue weighted by atomic mass is 19.1. The highest BCUT2D eigenvalue weighted by Gasteiger charge is 2.13. The maximum Gasteiger partial charge on any atom is 0.126 e. The van der Waals surface area contributed by atoms with Crippen LogP contribution in [0.3, 0.4) is 0 Å². The molecule has 0 radical (unpaired) electrons. The van der Waals surface area contributed by atoms with Crippen molar-refractivity contribution in [3.05, 3.63) is 70.8 Å². The van der Waals surface area contributed by atoms with Crippen LogP contribution in [0.1, 0.15) is 29.7 Å². The summed E-state index contributed by atoms with van der Waals surface area (Å²) in [5, 5.41) is 3.32. The SMILES string of the molecule is CCNC(Cc1cccc(F)c1)c1ccc(C)c(F)c1. The zero-order valence-electron chi connectivity index (χ0n) is 11.8. The van der Waals surface area contributed by atoms with Gasteiger partial charge in [-0.15, -0.1) is 0 Å². The summed E-state index contributed by atoms with van der Waals surface area (Å²) in [5.41, 5.74) is 2.42. The third-order valence-electron chi connectivity index (χ3n) is 3.38. The van der Waals surface area contributed by atoms with Crippen molar-refractivity contribution < 1.29 is 8.78 Å². The van der Waals surface area contributed by atoms with E-state index in [9.17, 15) is 8.78 Å². The lowest BCUT2D eigenvalue weighted by Crippen LogP contribution is -2.23. The van der Waals surface area contributed by atoms with Gasteiger partial charge in [-0.2, -0.15) is 0 Å². The Morgan fingerprint density at radius 2 is 1.90 bits per heavy atom. The van der Waals surface area contributed by atoms with E-state index in [1.807, 2.05) is 19.1 Å². The molecule has 2 rings (SSSR count). The molecule has 1 N–H and O–H groups in total. The number of nitrogens with one attached hydrogen (secondary N) is 1. The number of likely N-dealkylation sites (N-methyl/N-ethyl adjacent to an activating group) is 1. The van der Waals surface area contributed by atoms with Crippen molar-refractivity contribution >= 4 is 0 Å². The molecule has 0 amide bonds. The van der Waals surface area contributed by atoms with Crippen molar-refractivity contribution in [1.82, 2.24) is 5.32 Å². The van der Waals surface area contributed by atoms with Crippen molar-refractivity contribution in [1.29, 1.82) is 0 Å². The molecule has 0 fully saturated rings. The minimum absolute atomic E-state index is 0.0168. The van der Waals surface area contributed by atoms with Gasteiger partial charge in [-0.3, -0.25) is 0 Å². The van der Waals surface area contributed by atoms with E-state index in [0.717, 1.165) is 17.7 Å². The smallest absolute Gasteiger partial charge is 0.126 e. The molecule has 3 heteroatoms. The van der Waals surface area contributed by atoms with E-state index in [4.69, 9.17) is 0 Å². The number of benzene rings is 2. The number of aryl methyl sites for hydroxylation is 1. The average Bonchev–Trinajstić information content (AvgIpc) is 2.41. The first-order valence-electron chi connectivity index (χ1n) is 6.84. The topological polar surface area (TPSA) is 12.0 Å². The van der Waals surface area contributed by atoms with E-state index in [-0.39, 0.29) is 17.7 Å². The Balaban J connectivity index is 2.24. The van der Waals surface area contributed by atoms with Gasteiger partial charge in [-0.25, -0.2) is 8.78 Å². The van der Waals surface area contributed by atoms with Crippen LogP contribution in [0.4, 0.5) is 8.78 Å². The molecule has 0 spiro atoms.